The molecule has 0 aliphatic rings. The summed E-state index contributed by atoms with van der Waals surface area (Å²) in [6, 6.07) is 55.3. The average Bonchev–Trinajstić information content (AvgIpc) is 3.79. The summed E-state index contributed by atoms with van der Waals surface area (Å²) in [4.78, 5) is 0. The third-order valence-corrected chi connectivity index (χ3v) is 9.55. The molecule has 0 spiro atoms. The second-order valence-corrected chi connectivity index (χ2v) is 12.1. The van der Waals surface area contributed by atoms with Crippen molar-refractivity contribution in [1.82, 2.24) is 9.13 Å². The minimum absolute atomic E-state index is 0.623. The van der Waals surface area contributed by atoms with Crippen LogP contribution in [0.4, 0.5) is 0 Å². The van der Waals surface area contributed by atoms with Gasteiger partial charge in [-0.3, -0.25) is 0 Å². The van der Waals surface area contributed by atoms with Crippen molar-refractivity contribution in [2.45, 2.75) is 0 Å². The molecule has 218 valence electrons. The lowest BCUT2D eigenvalue weighted by Gasteiger charge is -2.15. The van der Waals surface area contributed by atoms with E-state index in [9.17, 15) is 5.26 Å². The van der Waals surface area contributed by atoms with Gasteiger partial charge < -0.3 is 13.6 Å². The highest BCUT2D eigenvalue weighted by atomic mass is 16.3. The van der Waals surface area contributed by atoms with E-state index in [2.05, 4.69) is 143 Å². The maximum atomic E-state index is 10.00. The van der Waals surface area contributed by atoms with Crippen LogP contribution in [-0.2, 0) is 0 Å². The molecule has 0 saturated heterocycles. The van der Waals surface area contributed by atoms with E-state index in [0.29, 0.717) is 5.56 Å². The smallest absolute Gasteiger partial charge is 0.145 e. The van der Waals surface area contributed by atoms with Crippen molar-refractivity contribution in [2.75, 3.05) is 0 Å². The Balaban J connectivity index is 1.31. The monoisotopic (exact) mass is 599 g/mol. The SMILES string of the molecule is N#Cc1ccc(-c2ccc3c4c5oc6ccccc6c5ccc4n(-c4ccccc4)c3c2)c(-n2c3ccccc3c3ccccc32)c1. The molecule has 0 saturated carbocycles. The largest absolute Gasteiger partial charge is 0.455 e. The van der Waals surface area contributed by atoms with E-state index in [1.807, 2.05) is 24.3 Å². The summed E-state index contributed by atoms with van der Waals surface area (Å²) in [5.41, 5.74) is 11.0. The summed E-state index contributed by atoms with van der Waals surface area (Å²) in [5.74, 6) is 0. The van der Waals surface area contributed by atoms with E-state index in [4.69, 9.17) is 4.42 Å². The highest BCUT2D eigenvalue weighted by molar-refractivity contribution is 6.24. The molecule has 0 bridgehead atoms. The predicted molar refractivity (Wildman–Crippen MR) is 193 cm³/mol. The molecule has 10 rings (SSSR count). The molecule has 3 aromatic heterocycles. The van der Waals surface area contributed by atoms with Crippen LogP contribution in [-0.4, -0.2) is 9.13 Å². The van der Waals surface area contributed by atoms with Gasteiger partial charge in [-0.05, 0) is 66.2 Å². The first-order valence-corrected chi connectivity index (χ1v) is 15.8. The fourth-order valence-electron chi connectivity index (χ4n) is 7.52. The Morgan fingerprint density at radius 1 is 0.489 bits per heavy atom. The first-order chi connectivity index (χ1) is 23.3. The van der Waals surface area contributed by atoms with Gasteiger partial charge in [-0.15, -0.1) is 0 Å². The van der Waals surface area contributed by atoms with Crippen LogP contribution in [0.15, 0.2) is 156 Å². The van der Waals surface area contributed by atoms with Crippen LogP contribution in [0.5, 0.6) is 0 Å². The lowest BCUT2D eigenvalue weighted by atomic mass is 9.99. The summed E-state index contributed by atoms with van der Waals surface area (Å²) in [6.45, 7) is 0. The van der Waals surface area contributed by atoms with Crippen LogP contribution >= 0.6 is 0 Å². The number of para-hydroxylation sites is 4. The predicted octanol–water partition coefficient (Wildman–Crippen LogP) is 11.3. The summed E-state index contributed by atoms with van der Waals surface area (Å²) in [5, 5.41) is 16.8. The molecule has 47 heavy (non-hydrogen) atoms. The average molecular weight is 600 g/mol. The van der Waals surface area contributed by atoms with Crippen molar-refractivity contribution in [3.05, 3.63) is 157 Å². The number of hydrogen-bond acceptors (Lipinski definition) is 2. The van der Waals surface area contributed by atoms with Gasteiger partial charge in [0, 0.05) is 38.2 Å². The van der Waals surface area contributed by atoms with Gasteiger partial charge in [0.05, 0.1) is 44.8 Å². The molecule has 0 aliphatic heterocycles. The van der Waals surface area contributed by atoms with Crippen molar-refractivity contribution in [3.63, 3.8) is 0 Å². The number of rotatable bonds is 3. The molecule has 0 aliphatic carbocycles. The quantitative estimate of drug-likeness (QED) is 0.203. The topological polar surface area (TPSA) is 46.8 Å². The van der Waals surface area contributed by atoms with Gasteiger partial charge in [0.25, 0.3) is 0 Å². The standard InChI is InChI=1S/C43H25N3O/c44-26-27-18-20-30(39(24-27)46-36-15-7-4-12-31(36)32-13-5-8-16-37(32)46)28-19-21-35-40(25-28)45(29-10-2-1-3-11-29)38-23-22-34-33-14-6-9-17-41(33)47-43(34)42(35)38/h1-25H. The van der Waals surface area contributed by atoms with Gasteiger partial charge in [-0.1, -0.05) is 91.0 Å². The van der Waals surface area contributed by atoms with Crippen LogP contribution in [0.1, 0.15) is 5.56 Å². The summed E-state index contributed by atoms with van der Waals surface area (Å²) in [6.07, 6.45) is 0. The van der Waals surface area contributed by atoms with E-state index in [0.717, 1.165) is 77.3 Å². The summed E-state index contributed by atoms with van der Waals surface area (Å²) < 4.78 is 11.2. The van der Waals surface area contributed by atoms with E-state index in [1.54, 1.807) is 0 Å². The zero-order valence-corrected chi connectivity index (χ0v) is 25.2. The molecule has 7 aromatic carbocycles. The van der Waals surface area contributed by atoms with Crippen molar-refractivity contribution < 1.29 is 4.42 Å². The molecule has 10 aromatic rings. The van der Waals surface area contributed by atoms with Crippen LogP contribution in [0.25, 0.3) is 88.1 Å². The fraction of sp³-hybridized carbons (Fsp3) is 0. The van der Waals surface area contributed by atoms with E-state index < -0.39 is 0 Å². The first-order valence-electron chi connectivity index (χ1n) is 15.8. The molecule has 0 fully saturated rings. The Kier molecular flexibility index (Phi) is 5.32. The summed E-state index contributed by atoms with van der Waals surface area (Å²) in [7, 11) is 0. The fourth-order valence-corrected chi connectivity index (χ4v) is 7.52. The van der Waals surface area contributed by atoms with Gasteiger partial charge in [-0.2, -0.15) is 5.26 Å². The molecule has 3 heterocycles. The molecule has 4 nitrogen and oxygen atoms in total. The van der Waals surface area contributed by atoms with Crippen molar-refractivity contribution >= 4 is 65.6 Å². The maximum absolute atomic E-state index is 10.00. The van der Waals surface area contributed by atoms with Gasteiger partial charge in [0.2, 0.25) is 0 Å². The van der Waals surface area contributed by atoms with E-state index >= 15 is 0 Å². The lowest BCUT2D eigenvalue weighted by molar-refractivity contribution is 0.673. The van der Waals surface area contributed by atoms with Gasteiger partial charge in [0.1, 0.15) is 11.2 Å². The number of fused-ring (bicyclic) bond motifs is 10. The molecule has 0 radical (unpaired) electrons. The number of nitriles is 1. The van der Waals surface area contributed by atoms with Gasteiger partial charge in [-0.25, -0.2) is 0 Å². The molecule has 0 atom stereocenters. The first kappa shape index (κ1) is 25.7. The molecule has 4 heteroatoms. The summed E-state index contributed by atoms with van der Waals surface area (Å²) >= 11 is 0. The molecular formula is C43H25N3O. The zero-order valence-electron chi connectivity index (χ0n) is 25.2. The highest BCUT2D eigenvalue weighted by Gasteiger charge is 2.21. The van der Waals surface area contributed by atoms with Crippen LogP contribution in [0.2, 0.25) is 0 Å². The van der Waals surface area contributed by atoms with Crippen LogP contribution in [0.3, 0.4) is 0 Å². The van der Waals surface area contributed by atoms with Crippen LogP contribution < -0.4 is 0 Å². The lowest BCUT2D eigenvalue weighted by Crippen LogP contribution is -1.99. The second kappa shape index (κ2) is 9.71. The minimum atomic E-state index is 0.623. The number of benzene rings is 7. The highest BCUT2D eigenvalue weighted by Crippen LogP contribution is 2.43. The van der Waals surface area contributed by atoms with Crippen molar-refractivity contribution in [1.29, 1.82) is 5.26 Å². The molecule has 0 N–H and O–H groups in total. The van der Waals surface area contributed by atoms with Crippen molar-refractivity contribution in [3.8, 4) is 28.6 Å². The Labute approximate surface area is 269 Å². The number of furan rings is 1. The van der Waals surface area contributed by atoms with Gasteiger partial charge in [0.15, 0.2) is 0 Å². The van der Waals surface area contributed by atoms with E-state index in [-0.39, 0.29) is 0 Å². The Morgan fingerprint density at radius 3 is 1.94 bits per heavy atom. The van der Waals surface area contributed by atoms with Crippen LogP contribution in [0, 0.1) is 11.3 Å². The minimum Gasteiger partial charge on any atom is -0.455 e. The zero-order chi connectivity index (χ0) is 31.1. The van der Waals surface area contributed by atoms with E-state index in [1.165, 1.54) is 10.8 Å². The number of hydrogen-bond donors (Lipinski definition) is 0. The molecular weight excluding hydrogens is 574 g/mol. The number of aromatic nitrogens is 2. The molecule has 0 amide bonds. The molecule has 0 unspecified atom stereocenters. The Bertz CT molecular complexity index is 2860. The van der Waals surface area contributed by atoms with Gasteiger partial charge >= 0.3 is 0 Å². The third-order valence-electron chi connectivity index (χ3n) is 9.55. The Hall–Kier alpha value is -6.57. The normalized spacial score (nSPS) is 11.8. The number of nitrogens with zero attached hydrogens (tertiary/aromatic N) is 3. The van der Waals surface area contributed by atoms with Crippen molar-refractivity contribution in [2.24, 2.45) is 0 Å². The maximum Gasteiger partial charge on any atom is 0.145 e. The Morgan fingerprint density at radius 2 is 1.17 bits per heavy atom. The third kappa shape index (κ3) is 3.63. The second-order valence-electron chi connectivity index (χ2n) is 12.1.